The molecule has 0 aromatic carbocycles. The van der Waals surface area contributed by atoms with E-state index in [1.54, 1.807) is 0 Å². The highest BCUT2D eigenvalue weighted by Gasteiger charge is 2.51. The predicted molar refractivity (Wildman–Crippen MR) is 57.3 cm³/mol. The fourth-order valence-electron chi connectivity index (χ4n) is 0.777. The lowest BCUT2D eigenvalue weighted by Crippen LogP contribution is -2.52. The fourth-order valence-corrected chi connectivity index (χ4v) is 0.777. The number of hydrogen-bond donors (Lipinski definition) is 2. The molecule has 0 rings (SSSR count). The quantitative estimate of drug-likeness (QED) is 0.225. The summed E-state index contributed by atoms with van der Waals surface area (Å²) >= 11 is 0. The predicted octanol–water partition coefficient (Wildman–Crippen LogP) is -0.478. The molecule has 0 aromatic heterocycles. The largest absolute Gasteiger partial charge is 0.404 e. The van der Waals surface area contributed by atoms with E-state index in [-0.39, 0.29) is 5.57 Å². The summed E-state index contributed by atoms with van der Waals surface area (Å²) in [7, 11) is 0. The van der Waals surface area contributed by atoms with Crippen molar-refractivity contribution in [2.45, 2.75) is 32.4 Å². The Hall–Kier alpha value is -2.11. The van der Waals surface area contributed by atoms with Gasteiger partial charge in [-0.05, 0) is 20.8 Å². The number of aliphatic hydroxyl groups is 2. The van der Waals surface area contributed by atoms with Gasteiger partial charge in [-0.15, -0.1) is 4.99 Å². The molecule has 2 N–H and O–H groups in total. The van der Waals surface area contributed by atoms with Crippen molar-refractivity contribution in [2.24, 2.45) is 9.98 Å². The standard InChI is InChI=1S/C10H12N2O6/c1-4-7(2)8(15)18-10(17,12-6-14)9(3,16)11-5-13/h4,16-17H,1-3H3/b7-4+. The molecule has 0 aliphatic heterocycles. The molecule has 0 aromatic rings. The van der Waals surface area contributed by atoms with Crippen molar-refractivity contribution >= 4 is 18.1 Å². The maximum atomic E-state index is 11.4. The average Bonchev–Trinajstić information content (AvgIpc) is 2.27. The fraction of sp³-hybridized carbons (Fsp3) is 0.500. The Morgan fingerprint density at radius 3 is 2.17 bits per heavy atom. The van der Waals surface area contributed by atoms with Crippen LogP contribution in [0.25, 0.3) is 0 Å². The molecule has 98 valence electrons. The number of carbonyl (C=O) groups is 1. The van der Waals surface area contributed by atoms with Crippen LogP contribution in [0, 0.1) is 0 Å². The molecule has 2 atom stereocenters. The van der Waals surface area contributed by atoms with Crippen molar-refractivity contribution in [1.29, 1.82) is 0 Å². The zero-order chi connectivity index (χ0) is 14.4. The van der Waals surface area contributed by atoms with Gasteiger partial charge in [0.2, 0.25) is 12.2 Å². The van der Waals surface area contributed by atoms with Crippen molar-refractivity contribution in [3.63, 3.8) is 0 Å². The first-order chi connectivity index (χ1) is 8.24. The maximum Gasteiger partial charge on any atom is 0.375 e. The molecule has 18 heavy (non-hydrogen) atoms. The summed E-state index contributed by atoms with van der Waals surface area (Å²) in [5, 5.41) is 19.4. The molecule has 0 bridgehead atoms. The lowest BCUT2D eigenvalue weighted by Gasteiger charge is -2.30. The third kappa shape index (κ3) is 3.44. The number of isocyanates is 2. The van der Waals surface area contributed by atoms with Crippen LogP contribution in [0.3, 0.4) is 0 Å². The summed E-state index contributed by atoms with van der Waals surface area (Å²) in [5.74, 6) is -4.12. The van der Waals surface area contributed by atoms with Gasteiger partial charge in [-0.1, -0.05) is 6.08 Å². The van der Waals surface area contributed by atoms with Gasteiger partial charge in [-0.2, -0.15) is 4.99 Å². The first kappa shape index (κ1) is 15.9. The Bertz CT molecular complexity index is 457. The monoisotopic (exact) mass is 256 g/mol. The zero-order valence-corrected chi connectivity index (χ0v) is 10.00. The first-order valence-electron chi connectivity index (χ1n) is 4.73. The summed E-state index contributed by atoms with van der Waals surface area (Å²) in [6, 6.07) is 0. The second-order valence-corrected chi connectivity index (χ2v) is 3.40. The lowest BCUT2D eigenvalue weighted by atomic mass is 10.2. The number of hydrogen-bond acceptors (Lipinski definition) is 8. The van der Waals surface area contributed by atoms with Crippen LogP contribution in [0.15, 0.2) is 21.6 Å². The summed E-state index contributed by atoms with van der Waals surface area (Å²) in [6.07, 6.45) is 3.24. The molecule has 0 fully saturated rings. The minimum Gasteiger partial charge on any atom is -0.404 e. The topological polar surface area (TPSA) is 126 Å². The van der Waals surface area contributed by atoms with Crippen LogP contribution in [0.1, 0.15) is 20.8 Å². The molecule has 8 nitrogen and oxygen atoms in total. The van der Waals surface area contributed by atoms with Gasteiger partial charge >= 0.3 is 11.9 Å². The molecule has 0 aliphatic carbocycles. The summed E-state index contributed by atoms with van der Waals surface area (Å²) < 4.78 is 4.44. The van der Waals surface area contributed by atoms with Crippen LogP contribution >= 0.6 is 0 Å². The van der Waals surface area contributed by atoms with Crippen LogP contribution in [0.4, 0.5) is 0 Å². The second-order valence-electron chi connectivity index (χ2n) is 3.40. The van der Waals surface area contributed by atoms with Crippen molar-refractivity contribution in [2.75, 3.05) is 0 Å². The molecule has 0 amide bonds. The highest BCUT2D eigenvalue weighted by molar-refractivity contribution is 5.87. The second kappa shape index (κ2) is 6.00. The molecule has 0 saturated heterocycles. The maximum absolute atomic E-state index is 11.4. The zero-order valence-electron chi connectivity index (χ0n) is 10.00. The molecule has 2 unspecified atom stereocenters. The number of nitrogens with zero attached hydrogens (tertiary/aromatic N) is 2. The molecule has 0 radical (unpaired) electrons. The minimum absolute atomic E-state index is 0.0837. The van der Waals surface area contributed by atoms with Crippen molar-refractivity contribution in [3.05, 3.63) is 11.6 Å². The highest BCUT2D eigenvalue weighted by Crippen LogP contribution is 2.27. The van der Waals surface area contributed by atoms with Crippen LogP contribution in [0.2, 0.25) is 0 Å². The van der Waals surface area contributed by atoms with Gasteiger partial charge in [0.1, 0.15) is 0 Å². The summed E-state index contributed by atoms with van der Waals surface area (Å²) in [5.41, 5.74) is -2.59. The molecule has 0 spiro atoms. The van der Waals surface area contributed by atoms with E-state index >= 15 is 0 Å². The van der Waals surface area contributed by atoms with E-state index < -0.39 is 17.6 Å². The van der Waals surface area contributed by atoms with Crippen molar-refractivity contribution < 1.29 is 29.3 Å². The van der Waals surface area contributed by atoms with E-state index in [0.717, 1.165) is 19.1 Å². The third-order valence-corrected chi connectivity index (χ3v) is 2.07. The van der Waals surface area contributed by atoms with E-state index in [1.165, 1.54) is 19.9 Å². The van der Waals surface area contributed by atoms with Gasteiger partial charge in [0.05, 0.1) is 0 Å². The van der Waals surface area contributed by atoms with E-state index in [2.05, 4.69) is 14.7 Å². The Morgan fingerprint density at radius 1 is 1.28 bits per heavy atom. The van der Waals surface area contributed by atoms with Crippen molar-refractivity contribution in [1.82, 2.24) is 0 Å². The molecule has 0 aliphatic rings. The van der Waals surface area contributed by atoms with Gasteiger partial charge in [-0.3, -0.25) is 0 Å². The Morgan fingerprint density at radius 2 is 1.78 bits per heavy atom. The highest BCUT2D eigenvalue weighted by atomic mass is 16.7. The number of ether oxygens (including phenoxy) is 1. The number of rotatable bonds is 5. The Balaban J connectivity index is 5.49. The van der Waals surface area contributed by atoms with Crippen LogP contribution in [0.5, 0.6) is 0 Å². The van der Waals surface area contributed by atoms with E-state index in [1.807, 2.05) is 0 Å². The normalized spacial score (nSPS) is 17.5. The van der Waals surface area contributed by atoms with Gasteiger partial charge in [-0.25, -0.2) is 14.4 Å². The third-order valence-electron chi connectivity index (χ3n) is 2.07. The van der Waals surface area contributed by atoms with Gasteiger partial charge < -0.3 is 14.9 Å². The van der Waals surface area contributed by atoms with Crippen LogP contribution < -0.4 is 0 Å². The summed E-state index contributed by atoms with van der Waals surface area (Å²) in [6.45, 7) is 3.70. The molecule has 8 heteroatoms. The number of carbonyl (C=O) groups excluding carboxylic acids is 3. The molecule has 0 heterocycles. The Kier molecular flexibility index (Phi) is 5.29. The minimum atomic E-state index is -3.06. The first-order valence-corrected chi connectivity index (χ1v) is 4.73. The smallest absolute Gasteiger partial charge is 0.375 e. The number of esters is 1. The average molecular weight is 256 g/mol. The van der Waals surface area contributed by atoms with Gasteiger partial charge in [0.15, 0.2) is 0 Å². The number of allylic oxidation sites excluding steroid dienone is 1. The molecule has 0 saturated carbocycles. The van der Waals surface area contributed by atoms with E-state index in [0.29, 0.717) is 0 Å². The number of aliphatic imine (C=N–C) groups is 2. The van der Waals surface area contributed by atoms with Gasteiger partial charge in [0.25, 0.3) is 5.72 Å². The SMILES string of the molecule is C/C=C(\C)C(=O)OC(O)(N=C=O)C(C)(O)N=C=O. The van der Waals surface area contributed by atoms with Crippen molar-refractivity contribution in [3.8, 4) is 0 Å². The van der Waals surface area contributed by atoms with E-state index in [4.69, 9.17) is 0 Å². The lowest BCUT2D eigenvalue weighted by molar-refractivity contribution is -0.271. The summed E-state index contributed by atoms with van der Waals surface area (Å²) in [4.78, 5) is 37.3. The van der Waals surface area contributed by atoms with E-state index in [9.17, 15) is 24.6 Å². The van der Waals surface area contributed by atoms with Crippen LogP contribution in [-0.2, 0) is 19.1 Å². The molecular formula is C10H12N2O6. The Labute approximate surface area is 102 Å². The molecular weight excluding hydrogens is 244 g/mol. The van der Waals surface area contributed by atoms with Crippen LogP contribution in [-0.4, -0.2) is 40.0 Å². The van der Waals surface area contributed by atoms with Gasteiger partial charge in [0, 0.05) is 5.57 Å².